The summed E-state index contributed by atoms with van der Waals surface area (Å²) in [6.45, 7) is 4.05. The van der Waals surface area contributed by atoms with E-state index in [0.29, 0.717) is 5.56 Å². The van der Waals surface area contributed by atoms with E-state index in [9.17, 15) is 9.90 Å². The third-order valence-electron chi connectivity index (χ3n) is 3.56. The molecule has 0 fully saturated rings. The monoisotopic (exact) mass is 245 g/mol. The van der Waals surface area contributed by atoms with Gasteiger partial charge < -0.3 is 9.67 Å². The predicted octanol–water partition coefficient (Wildman–Crippen LogP) is 2.27. The van der Waals surface area contributed by atoms with Crippen molar-refractivity contribution < 1.29 is 5.11 Å². The van der Waals surface area contributed by atoms with Crippen molar-refractivity contribution in [3.63, 3.8) is 0 Å². The molecule has 0 saturated carbocycles. The van der Waals surface area contributed by atoms with Gasteiger partial charge in [0, 0.05) is 18.5 Å². The SMILES string of the molecule is CC(C)C(CO)c1cc2ccccc2n(C)c1=O. The first-order valence-corrected chi connectivity index (χ1v) is 6.25. The Kier molecular flexibility index (Phi) is 3.53. The van der Waals surface area contributed by atoms with Gasteiger partial charge in [0.2, 0.25) is 0 Å². The highest BCUT2D eigenvalue weighted by atomic mass is 16.3. The zero-order valence-corrected chi connectivity index (χ0v) is 11.1. The number of pyridine rings is 1. The molecule has 2 aromatic rings. The Balaban J connectivity index is 2.72. The van der Waals surface area contributed by atoms with Gasteiger partial charge in [-0.2, -0.15) is 0 Å². The predicted molar refractivity (Wildman–Crippen MR) is 73.9 cm³/mol. The molecule has 18 heavy (non-hydrogen) atoms. The number of aromatic nitrogens is 1. The van der Waals surface area contributed by atoms with Crippen molar-refractivity contribution in [2.24, 2.45) is 13.0 Å². The van der Waals surface area contributed by atoms with E-state index in [1.54, 1.807) is 11.6 Å². The number of nitrogens with zero attached hydrogens (tertiary/aromatic N) is 1. The van der Waals surface area contributed by atoms with Crippen LogP contribution < -0.4 is 5.56 Å². The summed E-state index contributed by atoms with van der Waals surface area (Å²) in [6.07, 6.45) is 0. The molecular weight excluding hydrogens is 226 g/mol. The topological polar surface area (TPSA) is 42.2 Å². The van der Waals surface area contributed by atoms with Gasteiger partial charge in [0.1, 0.15) is 0 Å². The lowest BCUT2D eigenvalue weighted by molar-refractivity contribution is 0.236. The van der Waals surface area contributed by atoms with Gasteiger partial charge in [-0.25, -0.2) is 0 Å². The molecule has 0 spiro atoms. The van der Waals surface area contributed by atoms with Crippen LogP contribution in [0, 0.1) is 5.92 Å². The Morgan fingerprint density at radius 2 is 1.94 bits per heavy atom. The number of fused-ring (bicyclic) bond motifs is 1. The van der Waals surface area contributed by atoms with E-state index in [2.05, 4.69) is 0 Å². The molecule has 3 heteroatoms. The lowest BCUT2D eigenvalue weighted by Crippen LogP contribution is -2.26. The fourth-order valence-electron chi connectivity index (χ4n) is 2.38. The van der Waals surface area contributed by atoms with Crippen LogP contribution in [-0.2, 0) is 7.05 Å². The number of aryl methyl sites for hydroxylation is 1. The second kappa shape index (κ2) is 4.94. The minimum atomic E-state index is -0.103. The van der Waals surface area contributed by atoms with Crippen LogP contribution >= 0.6 is 0 Å². The summed E-state index contributed by atoms with van der Waals surface area (Å²) in [5.41, 5.74) is 1.61. The van der Waals surface area contributed by atoms with Gasteiger partial charge in [0.25, 0.3) is 5.56 Å². The number of para-hydroxylation sites is 1. The summed E-state index contributed by atoms with van der Waals surface area (Å²) in [5.74, 6) is 0.136. The van der Waals surface area contributed by atoms with E-state index in [0.717, 1.165) is 10.9 Å². The molecule has 0 bridgehead atoms. The maximum atomic E-state index is 12.3. The quantitative estimate of drug-likeness (QED) is 0.901. The van der Waals surface area contributed by atoms with E-state index in [1.807, 2.05) is 44.2 Å². The van der Waals surface area contributed by atoms with Gasteiger partial charge in [-0.15, -0.1) is 0 Å². The van der Waals surface area contributed by atoms with Crippen LogP contribution in [0.15, 0.2) is 35.1 Å². The molecule has 0 radical (unpaired) electrons. The molecule has 1 atom stereocenters. The van der Waals surface area contributed by atoms with Crippen molar-refractivity contribution in [2.75, 3.05) is 6.61 Å². The number of aliphatic hydroxyl groups excluding tert-OH is 1. The van der Waals surface area contributed by atoms with Crippen LogP contribution in [-0.4, -0.2) is 16.3 Å². The summed E-state index contributed by atoms with van der Waals surface area (Å²) in [6, 6.07) is 9.72. The van der Waals surface area contributed by atoms with Crippen LogP contribution in [0.5, 0.6) is 0 Å². The largest absolute Gasteiger partial charge is 0.396 e. The summed E-state index contributed by atoms with van der Waals surface area (Å²) in [7, 11) is 1.78. The molecule has 0 saturated heterocycles. The average molecular weight is 245 g/mol. The van der Waals surface area contributed by atoms with Crippen molar-refractivity contribution in [1.82, 2.24) is 4.57 Å². The van der Waals surface area contributed by atoms with Gasteiger partial charge in [-0.05, 0) is 23.4 Å². The van der Waals surface area contributed by atoms with Gasteiger partial charge in [-0.3, -0.25) is 4.79 Å². The van der Waals surface area contributed by atoms with Crippen molar-refractivity contribution in [2.45, 2.75) is 19.8 Å². The standard InChI is InChI=1S/C15H19NO2/c1-10(2)13(9-17)12-8-11-6-4-5-7-14(11)16(3)15(12)18/h4-8,10,13,17H,9H2,1-3H3. The minimum Gasteiger partial charge on any atom is -0.396 e. The Labute approximate surface area is 107 Å². The van der Waals surface area contributed by atoms with Crippen LogP contribution in [0.3, 0.4) is 0 Å². The van der Waals surface area contributed by atoms with Gasteiger partial charge in [0.05, 0.1) is 12.1 Å². The average Bonchev–Trinajstić information content (AvgIpc) is 2.36. The first-order chi connectivity index (χ1) is 8.56. The molecule has 1 N–H and O–H groups in total. The molecule has 0 aliphatic carbocycles. The summed E-state index contributed by atoms with van der Waals surface area (Å²) >= 11 is 0. The number of hydrogen-bond donors (Lipinski definition) is 1. The molecule has 3 nitrogen and oxygen atoms in total. The van der Waals surface area contributed by atoms with E-state index < -0.39 is 0 Å². The molecule has 1 heterocycles. The van der Waals surface area contributed by atoms with E-state index in [-0.39, 0.29) is 24.0 Å². The Morgan fingerprint density at radius 1 is 1.28 bits per heavy atom. The number of hydrogen-bond acceptors (Lipinski definition) is 2. The maximum Gasteiger partial charge on any atom is 0.254 e. The van der Waals surface area contributed by atoms with Crippen molar-refractivity contribution in [1.29, 1.82) is 0 Å². The molecule has 0 aliphatic heterocycles. The lowest BCUT2D eigenvalue weighted by atomic mass is 9.89. The third-order valence-corrected chi connectivity index (χ3v) is 3.56. The molecule has 96 valence electrons. The molecule has 0 aliphatic rings. The van der Waals surface area contributed by atoms with E-state index in [4.69, 9.17) is 0 Å². The summed E-state index contributed by atoms with van der Waals surface area (Å²) < 4.78 is 1.66. The highest BCUT2D eigenvalue weighted by Gasteiger charge is 2.19. The Morgan fingerprint density at radius 3 is 2.56 bits per heavy atom. The molecule has 1 unspecified atom stereocenters. The van der Waals surface area contributed by atoms with Crippen LogP contribution in [0.25, 0.3) is 10.9 Å². The van der Waals surface area contributed by atoms with Gasteiger partial charge >= 0.3 is 0 Å². The molecule has 1 aromatic heterocycles. The Bertz CT molecular complexity index is 613. The second-order valence-corrected chi connectivity index (χ2v) is 5.06. The third kappa shape index (κ3) is 2.06. The normalized spacial score (nSPS) is 13.2. The minimum absolute atomic E-state index is 0.00521. The van der Waals surface area contributed by atoms with Gasteiger partial charge in [-0.1, -0.05) is 32.0 Å². The second-order valence-electron chi connectivity index (χ2n) is 5.06. The lowest BCUT2D eigenvalue weighted by Gasteiger charge is -2.19. The first-order valence-electron chi connectivity index (χ1n) is 6.25. The molecular formula is C15H19NO2. The summed E-state index contributed by atoms with van der Waals surface area (Å²) in [5, 5.41) is 10.5. The molecule has 0 amide bonds. The van der Waals surface area contributed by atoms with Crippen LogP contribution in [0.1, 0.15) is 25.3 Å². The zero-order valence-electron chi connectivity index (χ0n) is 11.1. The van der Waals surface area contributed by atoms with E-state index in [1.165, 1.54) is 0 Å². The van der Waals surface area contributed by atoms with E-state index >= 15 is 0 Å². The molecule has 1 aromatic carbocycles. The van der Waals surface area contributed by atoms with Crippen molar-refractivity contribution in [3.05, 3.63) is 46.2 Å². The Hall–Kier alpha value is -1.61. The van der Waals surface area contributed by atoms with Crippen molar-refractivity contribution >= 4 is 10.9 Å². The van der Waals surface area contributed by atoms with Gasteiger partial charge in [0.15, 0.2) is 0 Å². The number of rotatable bonds is 3. The first kappa shape index (κ1) is 12.8. The number of benzene rings is 1. The van der Waals surface area contributed by atoms with Crippen LogP contribution in [0.4, 0.5) is 0 Å². The fourth-order valence-corrected chi connectivity index (χ4v) is 2.38. The highest BCUT2D eigenvalue weighted by molar-refractivity contribution is 5.79. The smallest absolute Gasteiger partial charge is 0.254 e. The highest BCUT2D eigenvalue weighted by Crippen LogP contribution is 2.23. The number of aliphatic hydroxyl groups is 1. The zero-order chi connectivity index (χ0) is 13.3. The maximum absolute atomic E-state index is 12.3. The van der Waals surface area contributed by atoms with Crippen molar-refractivity contribution in [3.8, 4) is 0 Å². The van der Waals surface area contributed by atoms with Crippen LogP contribution in [0.2, 0.25) is 0 Å². The summed E-state index contributed by atoms with van der Waals surface area (Å²) in [4.78, 5) is 12.3. The molecule has 2 rings (SSSR count). The fraction of sp³-hybridized carbons (Fsp3) is 0.400.